The average Bonchev–Trinajstić information content (AvgIpc) is 2.72. The normalized spacial score (nSPS) is 10.3. The second-order valence-electron chi connectivity index (χ2n) is 6.06. The van der Waals surface area contributed by atoms with Crippen molar-refractivity contribution in [2.45, 2.75) is 13.2 Å². The highest BCUT2D eigenvalue weighted by Crippen LogP contribution is 2.25. The quantitative estimate of drug-likeness (QED) is 0.622. The number of carbonyl (C=O) groups excluding carboxylic acids is 1. The lowest BCUT2D eigenvalue weighted by Crippen LogP contribution is -2.28. The predicted molar refractivity (Wildman–Crippen MR) is 104 cm³/mol. The number of amides is 2. The topological polar surface area (TPSA) is 72.5 Å². The van der Waals surface area contributed by atoms with E-state index in [1.165, 1.54) is 0 Å². The maximum atomic E-state index is 13.7. The first-order valence-corrected chi connectivity index (χ1v) is 8.74. The Balaban J connectivity index is 1.54. The van der Waals surface area contributed by atoms with Gasteiger partial charge in [0.15, 0.2) is 17.4 Å². The van der Waals surface area contributed by atoms with Crippen molar-refractivity contribution >= 4 is 11.7 Å². The van der Waals surface area contributed by atoms with E-state index in [-0.39, 0.29) is 12.2 Å². The molecule has 0 spiro atoms. The van der Waals surface area contributed by atoms with E-state index in [2.05, 4.69) is 20.4 Å². The number of urea groups is 1. The number of methoxy groups -OCH3 is 1. The van der Waals surface area contributed by atoms with Gasteiger partial charge in [-0.25, -0.2) is 18.6 Å². The van der Waals surface area contributed by atoms with Crippen LogP contribution in [0.25, 0.3) is 0 Å². The molecule has 2 aromatic carbocycles. The number of benzene rings is 2. The molecule has 3 aromatic rings. The fraction of sp³-hybridized carbons (Fsp3) is 0.143. The summed E-state index contributed by atoms with van der Waals surface area (Å²) in [4.78, 5) is 16.2. The van der Waals surface area contributed by atoms with Crippen LogP contribution in [0.1, 0.15) is 11.1 Å². The second kappa shape index (κ2) is 9.50. The first-order chi connectivity index (χ1) is 14.0. The summed E-state index contributed by atoms with van der Waals surface area (Å²) in [7, 11) is 1.16. The summed E-state index contributed by atoms with van der Waals surface area (Å²) < 4.78 is 37.6. The van der Waals surface area contributed by atoms with Gasteiger partial charge < -0.3 is 20.1 Å². The molecule has 0 bridgehead atoms. The number of rotatable bonds is 7. The Kier molecular flexibility index (Phi) is 6.57. The highest BCUT2D eigenvalue weighted by atomic mass is 19.1. The number of anilines is 1. The van der Waals surface area contributed by atoms with Gasteiger partial charge in [-0.3, -0.25) is 0 Å². The Morgan fingerprint density at radius 3 is 2.45 bits per heavy atom. The molecule has 1 aromatic heterocycles. The third-order valence-electron chi connectivity index (χ3n) is 3.94. The molecule has 150 valence electrons. The molecule has 0 saturated heterocycles. The Labute approximate surface area is 166 Å². The van der Waals surface area contributed by atoms with Crippen LogP contribution >= 0.6 is 0 Å². The SMILES string of the molecule is COc1c(F)cc(NC(=O)NCc2ccnc(OCc3ccccc3)c2)cc1F. The van der Waals surface area contributed by atoms with Crippen molar-refractivity contribution in [3.8, 4) is 11.6 Å². The highest BCUT2D eigenvalue weighted by molar-refractivity contribution is 5.89. The van der Waals surface area contributed by atoms with E-state index < -0.39 is 23.4 Å². The van der Waals surface area contributed by atoms with Crippen LogP contribution in [0, 0.1) is 11.6 Å². The lowest BCUT2D eigenvalue weighted by atomic mass is 10.2. The van der Waals surface area contributed by atoms with Gasteiger partial charge in [0, 0.05) is 36.6 Å². The molecule has 0 aliphatic rings. The molecule has 0 fully saturated rings. The molecule has 0 aliphatic carbocycles. The number of nitrogens with zero attached hydrogens (tertiary/aromatic N) is 1. The number of hydrogen-bond donors (Lipinski definition) is 2. The van der Waals surface area contributed by atoms with E-state index in [0.717, 1.165) is 30.4 Å². The van der Waals surface area contributed by atoms with Gasteiger partial charge in [0.1, 0.15) is 6.61 Å². The maximum Gasteiger partial charge on any atom is 0.319 e. The monoisotopic (exact) mass is 399 g/mol. The van der Waals surface area contributed by atoms with Crippen LogP contribution < -0.4 is 20.1 Å². The molecular formula is C21H19F2N3O3. The number of nitrogens with one attached hydrogen (secondary N) is 2. The number of hydrogen-bond acceptors (Lipinski definition) is 4. The molecule has 8 heteroatoms. The lowest BCUT2D eigenvalue weighted by molar-refractivity contribution is 0.251. The van der Waals surface area contributed by atoms with Crippen molar-refractivity contribution in [1.29, 1.82) is 0 Å². The summed E-state index contributed by atoms with van der Waals surface area (Å²) in [5.41, 5.74) is 1.74. The number of halogens is 2. The Bertz CT molecular complexity index is 961. The molecule has 0 atom stereocenters. The summed E-state index contributed by atoms with van der Waals surface area (Å²) >= 11 is 0. The van der Waals surface area contributed by atoms with Crippen LogP contribution in [-0.2, 0) is 13.2 Å². The van der Waals surface area contributed by atoms with Gasteiger partial charge in [-0.15, -0.1) is 0 Å². The standard InChI is InChI=1S/C21H19F2N3O3/c1-28-20-17(22)10-16(11-18(20)23)26-21(27)25-12-15-7-8-24-19(9-15)29-13-14-5-3-2-4-6-14/h2-11H,12-13H2,1H3,(H2,25,26,27). The van der Waals surface area contributed by atoms with Gasteiger partial charge in [0.25, 0.3) is 0 Å². The molecule has 2 amide bonds. The van der Waals surface area contributed by atoms with E-state index in [1.807, 2.05) is 30.3 Å². The fourth-order valence-electron chi connectivity index (χ4n) is 2.56. The van der Waals surface area contributed by atoms with Crippen molar-refractivity contribution in [3.05, 3.63) is 83.6 Å². The second-order valence-corrected chi connectivity index (χ2v) is 6.06. The number of aromatic nitrogens is 1. The molecule has 0 radical (unpaired) electrons. The lowest BCUT2D eigenvalue weighted by Gasteiger charge is -2.11. The molecule has 0 saturated carbocycles. The van der Waals surface area contributed by atoms with E-state index in [9.17, 15) is 13.6 Å². The van der Waals surface area contributed by atoms with Crippen molar-refractivity contribution in [1.82, 2.24) is 10.3 Å². The van der Waals surface area contributed by atoms with Gasteiger partial charge in [0.2, 0.25) is 5.88 Å². The molecule has 29 heavy (non-hydrogen) atoms. The van der Waals surface area contributed by atoms with E-state index in [0.29, 0.717) is 12.5 Å². The van der Waals surface area contributed by atoms with E-state index >= 15 is 0 Å². The van der Waals surface area contributed by atoms with Gasteiger partial charge in [-0.1, -0.05) is 30.3 Å². The van der Waals surface area contributed by atoms with E-state index in [4.69, 9.17) is 4.74 Å². The molecule has 1 heterocycles. The molecule has 6 nitrogen and oxygen atoms in total. The van der Waals surface area contributed by atoms with Gasteiger partial charge in [-0.2, -0.15) is 0 Å². The van der Waals surface area contributed by atoms with Gasteiger partial charge in [0.05, 0.1) is 7.11 Å². The van der Waals surface area contributed by atoms with Crippen molar-refractivity contribution in [3.63, 3.8) is 0 Å². The number of carbonyl (C=O) groups is 1. The van der Waals surface area contributed by atoms with Crippen LogP contribution in [0.4, 0.5) is 19.3 Å². The van der Waals surface area contributed by atoms with Crippen molar-refractivity contribution in [2.24, 2.45) is 0 Å². The minimum atomic E-state index is -0.905. The molecular weight excluding hydrogens is 380 g/mol. The average molecular weight is 399 g/mol. The Morgan fingerprint density at radius 1 is 1.03 bits per heavy atom. The first-order valence-electron chi connectivity index (χ1n) is 8.74. The smallest absolute Gasteiger partial charge is 0.319 e. The third-order valence-corrected chi connectivity index (χ3v) is 3.94. The Hall–Kier alpha value is -3.68. The summed E-state index contributed by atoms with van der Waals surface area (Å²) in [6, 6.07) is 14.4. The molecule has 0 unspecified atom stereocenters. The predicted octanol–water partition coefficient (Wildman–Crippen LogP) is 4.27. The van der Waals surface area contributed by atoms with E-state index in [1.54, 1.807) is 18.3 Å². The van der Waals surface area contributed by atoms with Crippen LogP contribution in [0.5, 0.6) is 11.6 Å². The zero-order valence-electron chi connectivity index (χ0n) is 15.6. The van der Waals surface area contributed by atoms with Crippen LogP contribution in [-0.4, -0.2) is 18.1 Å². The Morgan fingerprint density at radius 2 is 1.76 bits per heavy atom. The first kappa shape index (κ1) is 20.1. The zero-order chi connectivity index (χ0) is 20.6. The summed E-state index contributed by atoms with van der Waals surface area (Å²) in [5, 5.41) is 4.98. The molecule has 2 N–H and O–H groups in total. The number of pyridine rings is 1. The van der Waals surface area contributed by atoms with Crippen LogP contribution in [0.15, 0.2) is 60.8 Å². The summed E-state index contributed by atoms with van der Waals surface area (Å²) in [5.74, 6) is -1.89. The highest BCUT2D eigenvalue weighted by Gasteiger charge is 2.13. The summed E-state index contributed by atoms with van der Waals surface area (Å²) in [6.45, 7) is 0.553. The van der Waals surface area contributed by atoms with Crippen LogP contribution in [0.3, 0.4) is 0 Å². The third kappa shape index (κ3) is 5.65. The maximum absolute atomic E-state index is 13.7. The van der Waals surface area contributed by atoms with Crippen LogP contribution in [0.2, 0.25) is 0 Å². The van der Waals surface area contributed by atoms with Crippen molar-refractivity contribution < 1.29 is 23.0 Å². The molecule has 0 aliphatic heterocycles. The van der Waals surface area contributed by atoms with Gasteiger partial charge >= 0.3 is 6.03 Å². The van der Waals surface area contributed by atoms with Crippen molar-refractivity contribution in [2.75, 3.05) is 12.4 Å². The minimum absolute atomic E-state index is 0.0279. The zero-order valence-corrected chi connectivity index (χ0v) is 15.6. The van der Waals surface area contributed by atoms with Gasteiger partial charge in [-0.05, 0) is 17.2 Å². The summed E-state index contributed by atoms with van der Waals surface area (Å²) in [6.07, 6.45) is 1.57. The number of ether oxygens (including phenoxy) is 2. The fourth-order valence-corrected chi connectivity index (χ4v) is 2.56. The largest absolute Gasteiger partial charge is 0.491 e. The minimum Gasteiger partial charge on any atom is -0.491 e. The molecule has 3 rings (SSSR count).